The fourth-order valence-corrected chi connectivity index (χ4v) is 3.59. The predicted octanol–water partition coefficient (Wildman–Crippen LogP) is 2.86. The average molecular weight is 350 g/mol. The highest BCUT2D eigenvalue weighted by Crippen LogP contribution is 2.20. The van der Waals surface area contributed by atoms with Crippen molar-refractivity contribution < 1.29 is 9.59 Å². The first-order valence-corrected chi connectivity index (χ1v) is 9.85. The number of hydrogen-bond acceptors (Lipinski definition) is 3. The molecule has 5 nitrogen and oxygen atoms in total. The highest BCUT2D eigenvalue weighted by atomic mass is 32.2. The molecule has 1 aliphatic heterocycles. The van der Waals surface area contributed by atoms with Gasteiger partial charge in [-0.1, -0.05) is 18.6 Å². The van der Waals surface area contributed by atoms with Crippen molar-refractivity contribution in [2.45, 2.75) is 38.0 Å². The minimum absolute atomic E-state index is 0.0145. The van der Waals surface area contributed by atoms with Gasteiger partial charge in [-0.15, -0.1) is 0 Å². The molecule has 1 atom stereocenters. The highest BCUT2D eigenvalue weighted by molar-refractivity contribution is 7.99. The minimum atomic E-state index is -0.0824. The molecule has 0 spiro atoms. The van der Waals surface area contributed by atoms with Gasteiger partial charge >= 0.3 is 6.03 Å². The van der Waals surface area contributed by atoms with Crippen molar-refractivity contribution in [2.24, 2.45) is 0 Å². The Hall–Kier alpha value is -1.69. The summed E-state index contributed by atoms with van der Waals surface area (Å²) in [6.45, 7) is 4.57. The number of likely N-dealkylation sites (tertiary alicyclic amines) is 1. The van der Waals surface area contributed by atoms with Crippen LogP contribution in [0.2, 0.25) is 0 Å². The van der Waals surface area contributed by atoms with Gasteiger partial charge < -0.3 is 15.5 Å². The molecular formula is C18H27N3O2S. The minimum Gasteiger partial charge on any atom is -0.352 e. The molecule has 1 aliphatic rings. The van der Waals surface area contributed by atoms with E-state index in [1.165, 1.54) is 12.8 Å². The molecule has 1 aromatic carbocycles. The van der Waals surface area contributed by atoms with Crippen molar-refractivity contribution >= 4 is 23.7 Å². The van der Waals surface area contributed by atoms with E-state index in [1.54, 1.807) is 6.07 Å². The second-order valence-electron chi connectivity index (χ2n) is 6.02. The Bertz CT molecular complexity index is 565. The number of carbonyl (C=O) groups excluding carboxylic acids is 2. The van der Waals surface area contributed by atoms with Crippen LogP contribution in [0.15, 0.2) is 24.3 Å². The van der Waals surface area contributed by atoms with Crippen molar-refractivity contribution in [1.82, 2.24) is 15.5 Å². The molecule has 2 N–H and O–H groups in total. The van der Waals surface area contributed by atoms with Gasteiger partial charge in [-0.3, -0.25) is 4.79 Å². The van der Waals surface area contributed by atoms with Crippen molar-refractivity contribution in [1.29, 1.82) is 0 Å². The first kappa shape index (κ1) is 18.6. The predicted molar refractivity (Wildman–Crippen MR) is 99.4 cm³/mol. The Morgan fingerprint density at radius 1 is 1.29 bits per heavy atom. The van der Waals surface area contributed by atoms with Crippen molar-refractivity contribution in [3.63, 3.8) is 0 Å². The zero-order chi connectivity index (χ0) is 17.4. The van der Waals surface area contributed by atoms with Gasteiger partial charge in [0, 0.05) is 37.0 Å². The van der Waals surface area contributed by atoms with Gasteiger partial charge in [0.1, 0.15) is 0 Å². The Balaban J connectivity index is 1.91. The second kappa shape index (κ2) is 9.57. The molecule has 132 valence electrons. The Morgan fingerprint density at radius 2 is 2.12 bits per heavy atom. The molecule has 0 bridgehead atoms. The van der Waals surface area contributed by atoms with Gasteiger partial charge in [0.15, 0.2) is 0 Å². The van der Waals surface area contributed by atoms with Crippen molar-refractivity contribution in [3.8, 4) is 0 Å². The Kier molecular flexibility index (Phi) is 7.43. The van der Waals surface area contributed by atoms with Gasteiger partial charge in [0.2, 0.25) is 0 Å². The van der Waals surface area contributed by atoms with Gasteiger partial charge in [0.05, 0.1) is 0 Å². The molecule has 1 unspecified atom stereocenters. The van der Waals surface area contributed by atoms with Crippen LogP contribution in [0.1, 0.15) is 42.1 Å². The van der Waals surface area contributed by atoms with Gasteiger partial charge in [-0.05, 0) is 43.7 Å². The third-order valence-electron chi connectivity index (χ3n) is 4.22. The number of rotatable bonds is 5. The van der Waals surface area contributed by atoms with E-state index in [1.807, 2.05) is 41.8 Å². The van der Waals surface area contributed by atoms with Crippen molar-refractivity contribution in [2.75, 3.05) is 25.9 Å². The van der Waals surface area contributed by atoms with E-state index >= 15 is 0 Å². The lowest BCUT2D eigenvalue weighted by Crippen LogP contribution is -2.42. The van der Waals surface area contributed by atoms with E-state index in [0.29, 0.717) is 23.9 Å². The van der Waals surface area contributed by atoms with Crippen LogP contribution in [0.5, 0.6) is 0 Å². The average Bonchev–Trinajstić information content (AvgIpc) is 2.86. The lowest BCUT2D eigenvalue weighted by atomic mass is 10.1. The summed E-state index contributed by atoms with van der Waals surface area (Å²) in [6.07, 6.45) is 5.54. The normalized spacial score (nSPS) is 17.9. The summed E-state index contributed by atoms with van der Waals surface area (Å²) < 4.78 is 0. The highest BCUT2D eigenvalue weighted by Gasteiger charge is 2.21. The fraction of sp³-hybridized carbons (Fsp3) is 0.556. The van der Waals surface area contributed by atoms with E-state index in [2.05, 4.69) is 16.9 Å². The maximum atomic E-state index is 12.4. The van der Waals surface area contributed by atoms with Crippen LogP contribution in [-0.2, 0) is 6.54 Å². The molecule has 24 heavy (non-hydrogen) atoms. The first-order chi connectivity index (χ1) is 11.6. The smallest absolute Gasteiger partial charge is 0.317 e. The molecule has 1 heterocycles. The summed E-state index contributed by atoms with van der Waals surface area (Å²) in [5.74, 6) is -0.0824. The van der Waals surface area contributed by atoms with Gasteiger partial charge in [0.25, 0.3) is 5.91 Å². The summed E-state index contributed by atoms with van der Waals surface area (Å²) in [4.78, 5) is 26.2. The van der Waals surface area contributed by atoms with E-state index < -0.39 is 0 Å². The molecule has 1 aromatic rings. The number of amides is 3. The quantitative estimate of drug-likeness (QED) is 0.859. The number of urea groups is 1. The van der Waals surface area contributed by atoms with E-state index in [4.69, 9.17) is 0 Å². The number of carbonyl (C=O) groups is 2. The van der Waals surface area contributed by atoms with Crippen LogP contribution in [0.4, 0.5) is 4.79 Å². The van der Waals surface area contributed by atoms with Crippen LogP contribution in [-0.4, -0.2) is 48.0 Å². The SMILES string of the molecule is CCNC(=O)c1cccc(CNC(=O)N2CCCCC(SC)C2)c1. The largest absolute Gasteiger partial charge is 0.352 e. The number of benzene rings is 1. The number of hydrogen-bond donors (Lipinski definition) is 2. The zero-order valence-corrected chi connectivity index (χ0v) is 15.3. The van der Waals surface area contributed by atoms with E-state index in [-0.39, 0.29) is 11.9 Å². The van der Waals surface area contributed by atoms with Gasteiger partial charge in [-0.25, -0.2) is 4.79 Å². The fourth-order valence-electron chi connectivity index (χ4n) is 2.85. The third-order valence-corrected chi connectivity index (χ3v) is 5.27. The van der Waals surface area contributed by atoms with Crippen LogP contribution in [0, 0.1) is 0 Å². The Labute approximate surface area is 148 Å². The lowest BCUT2D eigenvalue weighted by molar-refractivity contribution is 0.0955. The molecule has 0 saturated carbocycles. The summed E-state index contributed by atoms with van der Waals surface area (Å²) in [5, 5.41) is 6.30. The number of thioether (sulfide) groups is 1. The van der Waals surface area contributed by atoms with Crippen LogP contribution in [0.3, 0.4) is 0 Å². The standard InChI is InChI=1S/C18H27N3O2S/c1-3-19-17(22)15-8-6-7-14(11-15)12-20-18(23)21-10-5-4-9-16(13-21)24-2/h6-8,11,16H,3-5,9-10,12-13H2,1-2H3,(H,19,22)(H,20,23). The van der Waals surface area contributed by atoms with Crippen molar-refractivity contribution in [3.05, 3.63) is 35.4 Å². The monoisotopic (exact) mass is 349 g/mol. The first-order valence-electron chi connectivity index (χ1n) is 8.56. The molecule has 0 aromatic heterocycles. The zero-order valence-electron chi connectivity index (χ0n) is 14.5. The number of nitrogens with one attached hydrogen (secondary N) is 2. The summed E-state index contributed by atoms with van der Waals surface area (Å²) in [7, 11) is 0. The molecular weight excluding hydrogens is 322 g/mol. The van der Waals surface area contributed by atoms with E-state index in [9.17, 15) is 9.59 Å². The molecule has 2 rings (SSSR count). The lowest BCUT2D eigenvalue weighted by Gasteiger charge is -2.24. The van der Waals surface area contributed by atoms with Crippen LogP contribution >= 0.6 is 11.8 Å². The molecule has 1 saturated heterocycles. The van der Waals surface area contributed by atoms with Crippen LogP contribution < -0.4 is 10.6 Å². The topological polar surface area (TPSA) is 61.4 Å². The maximum absolute atomic E-state index is 12.4. The molecule has 3 amide bonds. The third kappa shape index (κ3) is 5.44. The molecule has 1 fully saturated rings. The summed E-state index contributed by atoms with van der Waals surface area (Å²) in [5.41, 5.74) is 1.56. The van der Waals surface area contributed by atoms with Gasteiger partial charge in [-0.2, -0.15) is 11.8 Å². The van der Waals surface area contributed by atoms with Crippen LogP contribution in [0.25, 0.3) is 0 Å². The maximum Gasteiger partial charge on any atom is 0.317 e. The molecule has 6 heteroatoms. The number of nitrogens with zero attached hydrogens (tertiary/aromatic N) is 1. The summed E-state index contributed by atoms with van der Waals surface area (Å²) in [6, 6.07) is 7.38. The van der Waals surface area contributed by atoms with E-state index in [0.717, 1.165) is 25.1 Å². The second-order valence-corrected chi connectivity index (χ2v) is 7.16. The Morgan fingerprint density at radius 3 is 2.88 bits per heavy atom. The molecule has 0 radical (unpaired) electrons. The molecule has 0 aliphatic carbocycles. The summed E-state index contributed by atoms with van der Waals surface area (Å²) >= 11 is 1.84.